The Hall–Kier alpha value is -1.02. The standard InChI is InChI=1S/C14H21NO/c1-11-13(6-3-7-14(11)16-2)9-12-5-4-8-15-10-12/h3,6-7,12,15H,4-5,8-10H2,1-2H3. The number of rotatable bonds is 3. The molecule has 1 saturated heterocycles. The van der Waals surface area contributed by atoms with Gasteiger partial charge in [-0.3, -0.25) is 0 Å². The van der Waals surface area contributed by atoms with Crippen LogP contribution in [0.5, 0.6) is 5.75 Å². The van der Waals surface area contributed by atoms with E-state index in [2.05, 4.69) is 24.4 Å². The van der Waals surface area contributed by atoms with Crippen LogP contribution < -0.4 is 10.1 Å². The molecule has 0 aliphatic carbocycles. The van der Waals surface area contributed by atoms with Gasteiger partial charge in [0.1, 0.15) is 5.75 Å². The molecule has 0 aromatic heterocycles. The Labute approximate surface area is 98.0 Å². The van der Waals surface area contributed by atoms with Crippen LogP contribution in [0.25, 0.3) is 0 Å². The third-order valence-corrected chi connectivity index (χ3v) is 3.52. The van der Waals surface area contributed by atoms with E-state index < -0.39 is 0 Å². The van der Waals surface area contributed by atoms with Crippen LogP contribution in [0.4, 0.5) is 0 Å². The van der Waals surface area contributed by atoms with Crippen molar-refractivity contribution in [2.75, 3.05) is 20.2 Å². The first-order chi connectivity index (χ1) is 7.81. The topological polar surface area (TPSA) is 21.3 Å². The van der Waals surface area contributed by atoms with E-state index in [1.54, 1.807) is 7.11 Å². The second kappa shape index (κ2) is 5.35. The van der Waals surface area contributed by atoms with Gasteiger partial charge in [-0.05, 0) is 62.4 Å². The second-order valence-corrected chi connectivity index (χ2v) is 4.66. The van der Waals surface area contributed by atoms with Gasteiger partial charge >= 0.3 is 0 Å². The normalized spacial score (nSPS) is 20.8. The molecular weight excluding hydrogens is 198 g/mol. The molecule has 2 heteroatoms. The predicted octanol–water partition coefficient (Wildman–Crippen LogP) is 2.55. The minimum Gasteiger partial charge on any atom is -0.496 e. The highest BCUT2D eigenvalue weighted by Crippen LogP contribution is 2.25. The van der Waals surface area contributed by atoms with Crippen molar-refractivity contribution in [1.29, 1.82) is 0 Å². The van der Waals surface area contributed by atoms with Crippen LogP contribution in [-0.2, 0) is 6.42 Å². The van der Waals surface area contributed by atoms with E-state index in [0.29, 0.717) is 0 Å². The van der Waals surface area contributed by atoms with Crippen molar-refractivity contribution in [2.24, 2.45) is 5.92 Å². The van der Waals surface area contributed by atoms with Crippen molar-refractivity contribution in [3.8, 4) is 5.75 Å². The second-order valence-electron chi connectivity index (χ2n) is 4.66. The maximum atomic E-state index is 5.36. The molecule has 1 aliphatic rings. The van der Waals surface area contributed by atoms with E-state index in [0.717, 1.165) is 18.2 Å². The molecule has 1 N–H and O–H groups in total. The van der Waals surface area contributed by atoms with E-state index in [9.17, 15) is 0 Å². The van der Waals surface area contributed by atoms with Gasteiger partial charge in [0, 0.05) is 0 Å². The molecule has 2 rings (SSSR count). The first-order valence-electron chi connectivity index (χ1n) is 6.14. The van der Waals surface area contributed by atoms with E-state index in [1.807, 2.05) is 6.07 Å². The number of methoxy groups -OCH3 is 1. The van der Waals surface area contributed by atoms with Crippen LogP contribution in [0.15, 0.2) is 18.2 Å². The lowest BCUT2D eigenvalue weighted by Gasteiger charge is -2.23. The Morgan fingerprint density at radius 3 is 3.00 bits per heavy atom. The molecule has 0 radical (unpaired) electrons. The van der Waals surface area contributed by atoms with E-state index >= 15 is 0 Å². The molecule has 1 aromatic carbocycles. The summed E-state index contributed by atoms with van der Waals surface area (Å²) in [5.74, 6) is 1.81. The monoisotopic (exact) mass is 219 g/mol. The Morgan fingerprint density at radius 1 is 1.44 bits per heavy atom. The Balaban J connectivity index is 2.08. The van der Waals surface area contributed by atoms with Crippen molar-refractivity contribution >= 4 is 0 Å². The molecule has 1 unspecified atom stereocenters. The summed E-state index contributed by atoms with van der Waals surface area (Å²) in [5, 5.41) is 3.47. The molecule has 1 atom stereocenters. The summed E-state index contributed by atoms with van der Waals surface area (Å²) in [7, 11) is 1.74. The molecule has 1 aromatic rings. The molecule has 16 heavy (non-hydrogen) atoms. The highest BCUT2D eigenvalue weighted by Gasteiger charge is 2.15. The van der Waals surface area contributed by atoms with Crippen LogP contribution in [-0.4, -0.2) is 20.2 Å². The Bertz CT molecular complexity index is 343. The molecule has 0 bridgehead atoms. The van der Waals surface area contributed by atoms with Crippen LogP contribution in [0, 0.1) is 12.8 Å². The lowest BCUT2D eigenvalue weighted by molar-refractivity contribution is 0.373. The minimum atomic E-state index is 0.791. The molecular formula is C14H21NO. The van der Waals surface area contributed by atoms with Gasteiger partial charge in [0.05, 0.1) is 7.11 Å². The summed E-state index contributed by atoms with van der Waals surface area (Å²) in [6.07, 6.45) is 3.84. The molecule has 0 saturated carbocycles. The van der Waals surface area contributed by atoms with Crippen molar-refractivity contribution in [2.45, 2.75) is 26.2 Å². The van der Waals surface area contributed by atoms with Crippen LogP contribution in [0.1, 0.15) is 24.0 Å². The SMILES string of the molecule is COc1cccc(CC2CCCNC2)c1C. The van der Waals surface area contributed by atoms with Gasteiger partial charge in [-0.15, -0.1) is 0 Å². The summed E-state index contributed by atoms with van der Waals surface area (Å²) >= 11 is 0. The van der Waals surface area contributed by atoms with Crippen molar-refractivity contribution < 1.29 is 4.74 Å². The van der Waals surface area contributed by atoms with Gasteiger partial charge in [0.2, 0.25) is 0 Å². The number of ether oxygens (including phenoxy) is 1. The summed E-state index contributed by atoms with van der Waals surface area (Å²) < 4.78 is 5.36. The first kappa shape index (κ1) is 11.5. The van der Waals surface area contributed by atoms with Crippen molar-refractivity contribution in [1.82, 2.24) is 5.32 Å². The van der Waals surface area contributed by atoms with Gasteiger partial charge in [0.25, 0.3) is 0 Å². The van der Waals surface area contributed by atoms with Gasteiger partial charge in [-0.1, -0.05) is 12.1 Å². The fraction of sp³-hybridized carbons (Fsp3) is 0.571. The largest absolute Gasteiger partial charge is 0.496 e. The van der Waals surface area contributed by atoms with Crippen molar-refractivity contribution in [3.63, 3.8) is 0 Å². The minimum absolute atomic E-state index is 0.791. The average molecular weight is 219 g/mol. The van der Waals surface area contributed by atoms with Crippen LogP contribution >= 0.6 is 0 Å². The molecule has 2 nitrogen and oxygen atoms in total. The molecule has 1 fully saturated rings. The zero-order valence-electron chi connectivity index (χ0n) is 10.3. The number of benzene rings is 1. The number of piperidine rings is 1. The molecule has 0 spiro atoms. The Kier molecular flexibility index (Phi) is 3.83. The molecule has 1 aliphatic heterocycles. The van der Waals surface area contributed by atoms with Gasteiger partial charge in [0.15, 0.2) is 0 Å². The van der Waals surface area contributed by atoms with E-state index in [1.165, 1.54) is 36.9 Å². The number of nitrogens with one attached hydrogen (secondary N) is 1. The smallest absolute Gasteiger partial charge is 0.122 e. The van der Waals surface area contributed by atoms with Gasteiger partial charge in [-0.2, -0.15) is 0 Å². The molecule has 1 heterocycles. The van der Waals surface area contributed by atoms with E-state index in [-0.39, 0.29) is 0 Å². The third-order valence-electron chi connectivity index (χ3n) is 3.52. The molecule has 0 amide bonds. The van der Waals surface area contributed by atoms with E-state index in [4.69, 9.17) is 4.74 Å². The fourth-order valence-corrected chi connectivity index (χ4v) is 2.51. The maximum Gasteiger partial charge on any atom is 0.122 e. The zero-order chi connectivity index (χ0) is 11.4. The summed E-state index contributed by atoms with van der Waals surface area (Å²) in [6, 6.07) is 6.36. The molecule has 88 valence electrons. The number of hydrogen-bond donors (Lipinski definition) is 1. The fourth-order valence-electron chi connectivity index (χ4n) is 2.51. The lowest BCUT2D eigenvalue weighted by Crippen LogP contribution is -2.30. The van der Waals surface area contributed by atoms with Gasteiger partial charge < -0.3 is 10.1 Å². The maximum absolute atomic E-state index is 5.36. The highest BCUT2D eigenvalue weighted by molar-refractivity contribution is 5.39. The number of hydrogen-bond acceptors (Lipinski definition) is 2. The van der Waals surface area contributed by atoms with Crippen LogP contribution in [0.2, 0.25) is 0 Å². The summed E-state index contributed by atoms with van der Waals surface area (Å²) in [6.45, 7) is 4.51. The third kappa shape index (κ3) is 2.56. The highest BCUT2D eigenvalue weighted by atomic mass is 16.5. The summed E-state index contributed by atoms with van der Waals surface area (Å²) in [5.41, 5.74) is 2.74. The van der Waals surface area contributed by atoms with Crippen LogP contribution in [0.3, 0.4) is 0 Å². The lowest BCUT2D eigenvalue weighted by atomic mass is 9.90. The van der Waals surface area contributed by atoms with Gasteiger partial charge in [-0.25, -0.2) is 0 Å². The zero-order valence-corrected chi connectivity index (χ0v) is 10.3. The quantitative estimate of drug-likeness (QED) is 0.843. The van der Waals surface area contributed by atoms with Crippen molar-refractivity contribution in [3.05, 3.63) is 29.3 Å². The predicted molar refractivity (Wildman–Crippen MR) is 67.0 cm³/mol. The average Bonchev–Trinajstić information content (AvgIpc) is 2.33. The Morgan fingerprint density at radius 2 is 2.31 bits per heavy atom. The first-order valence-corrected chi connectivity index (χ1v) is 6.14. The summed E-state index contributed by atoms with van der Waals surface area (Å²) in [4.78, 5) is 0.